The van der Waals surface area contributed by atoms with E-state index in [2.05, 4.69) is 0 Å². The standard InChI is InChI=1S/C22H28O10S2/c1-33(24,25)30-15-18-19(32-34(2,26)27)20(28-13-16-9-5-3-6-10-16)21(22(23)31-18)29-14-17-11-7-4-8-12-17/h3-12,18-23H,13-15H2,1-2H3. The van der Waals surface area contributed by atoms with E-state index >= 15 is 0 Å². The summed E-state index contributed by atoms with van der Waals surface area (Å²) in [5.74, 6) is 0. The third-order valence-electron chi connectivity index (χ3n) is 4.91. The molecule has 0 aliphatic carbocycles. The Hall–Kier alpha value is -1.90. The smallest absolute Gasteiger partial charge is 0.264 e. The molecule has 1 aliphatic heterocycles. The first-order valence-electron chi connectivity index (χ1n) is 10.4. The van der Waals surface area contributed by atoms with Crippen LogP contribution in [-0.4, -0.2) is 71.8 Å². The Morgan fingerprint density at radius 1 is 0.765 bits per heavy atom. The Morgan fingerprint density at radius 3 is 1.74 bits per heavy atom. The van der Waals surface area contributed by atoms with Crippen LogP contribution in [0.25, 0.3) is 0 Å². The van der Waals surface area contributed by atoms with E-state index in [1.54, 1.807) is 0 Å². The third-order valence-corrected chi connectivity index (χ3v) is 6.05. The lowest BCUT2D eigenvalue weighted by Crippen LogP contribution is -2.61. The van der Waals surface area contributed by atoms with Gasteiger partial charge in [-0.25, -0.2) is 0 Å². The molecule has 10 nitrogen and oxygen atoms in total. The van der Waals surface area contributed by atoms with Crippen LogP contribution in [0, 0.1) is 0 Å². The molecule has 0 bridgehead atoms. The van der Waals surface area contributed by atoms with Crippen molar-refractivity contribution in [3.8, 4) is 0 Å². The molecule has 0 aromatic heterocycles. The lowest BCUT2D eigenvalue weighted by molar-refractivity contribution is -0.301. The molecule has 0 spiro atoms. The van der Waals surface area contributed by atoms with Crippen LogP contribution in [-0.2, 0) is 56.0 Å². The van der Waals surface area contributed by atoms with Crippen molar-refractivity contribution in [3.05, 3.63) is 71.8 Å². The van der Waals surface area contributed by atoms with Gasteiger partial charge in [0.05, 0.1) is 32.3 Å². The van der Waals surface area contributed by atoms with Gasteiger partial charge < -0.3 is 19.3 Å². The summed E-state index contributed by atoms with van der Waals surface area (Å²) in [7, 11) is -7.92. The Morgan fingerprint density at radius 2 is 1.26 bits per heavy atom. The summed E-state index contributed by atoms with van der Waals surface area (Å²) in [5.41, 5.74) is 1.59. The van der Waals surface area contributed by atoms with Gasteiger partial charge >= 0.3 is 0 Å². The van der Waals surface area contributed by atoms with E-state index in [0.29, 0.717) is 0 Å². The average Bonchev–Trinajstić information content (AvgIpc) is 2.77. The van der Waals surface area contributed by atoms with Gasteiger partial charge in [0.25, 0.3) is 20.2 Å². The van der Waals surface area contributed by atoms with Gasteiger partial charge in [-0.05, 0) is 11.1 Å². The maximum atomic E-state index is 12.0. The summed E-state index contributed by atoms with van der Waals surface area (Å²) >= 11 is 0. The largest absolute Gasteiger partial charge is 0.368 e. The maximum absolute atomic E-state index is 12.0. The number of ether oxygens (including phenoxy) is 3. The fourth-order valence-corrected chi connectivity index (χ4v) is 4.46. The van der Waals surface area contributed by atoms with Gasteiger partial charge in [0.15, 0.2) is 6.29 Å². The van der Waals surface area contributed by atoms with Crippen molar-refractivity contribution >= 4 is 20.2 Å². The van der Waals surface area contributed by atoms with Gasteiger partial charge in [-0.15, -0.1) is 0 Å². The second-order valence-electron chi connectivity index (χ2n) is 7.84. The number of hydrogen-bond acceptors (Lipinski definition) is 10. The Balaban J connectivity index is 1.88. The van der Waals surface area contributed by atoms with E-state index in [1.165, 1.54) is 0 Å². The summed E-state index contributed by atoms with van der Waals surface area (Å²) < 4.78 is 74.5. The molecule has 1 aliphatic rings. The van der Waals surface area contributed by atoms with Crippen molar-refractivity contribution in [1.82, 2.24) is 0 Å². The van der Waals surface area contributed by atoms with E-state index in [-0.39, 0.29) is 13.2 Å². The van der Waals surface area contributed by atoms with Crippen molar-refractivity contribution in [2.75, 3.05) is 19.1 Å². The maximum Gasteiger partial charge on any atom is 0.264 e. The highest BCUT2D eigenvalue weighted by atomic mass is 32.2. The van der Waals surface area contributed by atoms with Gasteiger partial charge in [0, 0.05) is 0 Å². The predicted octanol–water partition coefficient (Wildman–Crippen LogP) is 1.20. The minimum atomic E-state index is -4.04. The Kier molecular flexibility index (Phi) is 9.18. The molecule has 1 fully saturated rings. The molecule has 2 aromatic rings. The van der Waals surface area contributed by atoms with E-state index in [0.717, 1.165) is 23.6 Å². The number of aliphatic hydroxyl groups excluding tert-OH is 1. The Labute approximate surface area is 199 Å². The van der Waals surface area contributed by atoms with Crippen LogP contribution in [0.5, 0.6) is 0 Å². The van der Waals surface area contributed by atoms with Crippen LogP contribution in [0.2, 0.25) is 0 Å². The molecule has 1 heterocycles. The molecular formula is C22H28O10S2. The SMILES string of the molecule is CS(=O)(=O)OCC1OC(O)C(OCc2ccccc2)C(OCc2ccccc2)C1OS(C)(=O)=O. The highest BCUT2D eigenvalue weighted by Crippen LogP contribution is 2.30. The zero-order valence-electron chi connectivity index (χ0n) is 18.7. The minimum Gasteiger partial charge on any atom is -0.368 e. The lowest BCUT2D eigenvalue weighted by Gasteiger charge is -2.43. The predicted molar refractivity (Wildman–Crippen MR) is 121 cm³/mol. The molecule has 1 N–H and O–H groups in total. The summed E-state index contributed by atoms with van der Waals surface area (Å²) in [5, 5.41) is 10.7. The second-order valence-corrected chi connectivity index (χ2v) is 11.1. The fourth-order valence-electron chi connectivity index (χ4n) is 3.44. The van der Waals surface area contributed by atoms with E-state index in [1.807, 2.05) is 60.7 Å². The summed E-state index contributed by atoms with van der Waals surface area (Å²) in [4.78, 5) is 0. The van der Waals surface area contributed by atoms with Gasteiger partial charge in [0.2, 0.25) is 0 Å². The first-order valence-corrected chi connectivity index (χ1v) is 14.0. The van der Waals surface area contributed by atoms with E-state index < -0.39 is 57.5 Å². The van der Waals surface area contributed by atoms with E-state index in [9.17, 15) is 21.9 Å². The molecule has 0 saturated carbocycles. The molecule has 188 valence electrons. The molecule has 5 atom stereocenters. The van der Waals surface area contributed by atoms with Crippen molar-refractivity contribution in [1.29, 1.82) is 0 Å². The summed E-state index contributed by atoms with van der Waals surface area (Å²) in [6, 6.07) is 18.2. The molecule has 5 unspecified atom stereocenters. The molecule has 0 radical (unpaired) electrons. The second kappa shape index (κ2) is 11.7. The monoisotopic (exact) mass is 516 g/mol. The van der Waals surface area contributed by atoms with Crippen molar-refractivity contribution in [2.45, 2.75) is 43.9 Å². The van der Waals surface area contributed by atoms with Crippen LogP contribution >= 0.6 is 0 Å². The Bertz CT molecular complexity index is 1110. The van der Waals surface area contributed by atoms with Crippen LogP contribution < -0.4 is 0 Å². The van der Waals surface area contributed by atoms with E-state index in [4.69, 9.17) is 22.6 Å². The molecule has 12 heteroatoms. The first kappa shape index (κ1) is 26.7. The normalized spacial score (nSPS) is 25.8. The quantitative estimate of drug-likeness (QED) is 0.434. The topological polar surface area (TPSA) is 135 Å². The van der Waals surface area contributed by atoms with Crippen LogP contribution in [0.1, 0.15) is 11.1 Å². The van der Waals surface area contributed by atoms with Gasteiger partial charge in [-0.2, -0.15) is 16.8 Å². The van der Waals surface area contributed by atoms with Crippen molar-refractivity contribution in [3.63, 3.8) is 0 Å². The average molecular weight is 517 g/mol. The molecule has 1 saturated heterocycles. The number of hydrogen-bond donors (Lipinski definition) is 1. The van der Waals surface area contributed by atoms with Crippen LogP contribution in [0.3, 0.4) is 0 Å². The zero-order chi connectivity index (χ0) is 24.8. The number of aliphatic hydroxyl groups is 1. The molecule has 2 aromatic carbocycles. The zero-order valence-corrected chi connectivity index (χ0v) is 20.4. The molecule has 34 heavy (non-hydrogen) atoms. The third kappa shape index (κ3) is 8.40. The molecule has 0 amide bonds. The van der Waals surface area contributed by atoms with Gasteiger partial charge in [0.1, 0.15) is 24.4 Å². The van der Waals surface area contributed by atoms with Crippen molar-refractivity contribution < 1.29 is 44.5 Å². The van der Waals surface area contributed by atoms with Gasteiger partial charge in [-0.1, -0.05) is 60.7 Å². The first-order chi connectivity index (χ1) is 16.0. The highest BCUT2D eigenvalue weighted by molar-refractivity contribution is 7.86. The highest BCUT2D eigenvalue weighted by Gasteiger charge is 2.49. The molecule has 3 rings (SSSR count). The summed E-state index contributed by atoms with van der Waals surface area (Å²) in [6.45, 7) is -0.466. The van der Waals surface area contributed by atoms with Crippen molar-refractivity contribution in [2.24, 2.45) is 0 Å². The summed E-state index contributed by atoms with van der Waals surface area (Å²) in [6.07, 6.45) is -4.81. The van der Waals surface area contributed by atoms with Crippen LogP contribution in [0.15, 0.2) is 60.7 Å². The minimum absolute atomic E-state index is 0.0483. The lowest BCUT2D eigenvalue weighted by atomic mass is 9.98. The number of benzene rings is 2. The number of rotatable bonds is 11. The molecular weight excluding hydrogens is 488 g/mol. The van der Waals surface area contributed by atoms with Crippen LogP contribution in [0.4, 0.5) is 0 Å². The van der Waals surface area contributed by atoms with Gasteiger partial charge in [-0.3, -0.25) is 8.37 Å². The fraction of sp³-hybridized carbons (Fsp3) is 0.455.